The highest BCUT2D eigenvalue weighted by atomic mass is 32.1. The zero-order chi connectivity index (χ0) is 15.5. The molecule has 2 heterocycles. The zero-order valence-corrected chi connectivity index (χ0v) is 13.5. The first-order chi connectivity index (χ1) is 10.7. The van der Waals surface area contributed by atoms with Crippen LogP contribution >= 0.6 is 12.2 Å². The van der Waals surface area contributed by atoms with E-state index >= 15 is 0 Å². The molecule has 2 N–H and O–H groups in total. The summed E-state index contributed by atoms with van der Waals surface area (Å²) in [4.78, 5) is 2.38. The van der Waals surface area contributed by atoms with E-state index in [2.05, 4.69) is 29.2 Å². The molecule has 1 aromatic carbocycles. The molecular weight excluding hydrogens is 296 g/mol. The Hall–Kier alpha value is -1.85. The molecule has 0 saturated carbocycles. The topological polar surface area (TPSA) is 51.6 Å². The van der Waals surface area contributed by atoms with E-state index in [1.165, 1.54) is 5.56 Å². The number of furan rings is 1. The molecule has 0 saturated heterocycles. The molecule has 2 aromatic rings. The van der Waals surface area contributed by atoms with Gasteiger partial charge in [0.2, 0.25) is 5.88 Å². The van der Waals surface area contributed by atoms with Crippen LogP contribution in [0.3, 0.4) is 0 Å². The summed E-state index contributed by atoms with van der Waals surface area (Å²) in [6.45, 7) is 5.10. The predicted molar refractivity (Wildman–Crippen MR) is 90.7 cm³/mol. The Labute approximate surface area is 135 Å². The molecule has 0 unspecified atom stereocenters. The summed E-state index contributed by atoms with van der Waals surface area (Å²) in [5.41, 5.74) is 9.15. The molecule has 0 atom stereocenters. The lowest BCUT2D eigenvalue weighted by molar-refractivity contribution is 0.234. The van der Waals surface area contributed by atoms with Crippen LogP contribution in [0.25, 0.3) is 0 Å². The fraction of sp³-hybridized carbons (Fsp3) is 0.353. The molecule has 0 radical (unpaired) electrons. The van der Waals surface area contributed by atoms with Gasteiger partial charge in [-0.2, -0.15) is 0 Å². The van der Waals surface area contributed by atoms with Gasteiger partial charge < -0.3 is 14.9 Å². The van der Waals surface area contributed by atoms with Crippen LogP contribution in [0.4, 0.5) is 5.88 Å². The number of hydrogen-bond acceptors (Lipinski definition) is 5. The molecule has 1 aromatic heterocycles. The Morgan fingerprint density at radius 1 is 1.36 bits per heavy atom. The molecule has 0 fully saturated rings. The number of nitrogens with zero attached hydrogens (tertiary/aromatic N) is 1. The summed E-state index contributed by atoms with van der Waals surface area (Å²) in [5.74, 6) is 1.32. The molecule has 0 amide bonds. The highest BCUT2D eigenvalue weighted by Crippen LogP contribution is 2.31. The van der Waals surface area contributed by atoms with E-state index < -0.39 is 0 Å². The van der Waals surface area contributed by atoms with E-state index in [1.807, 2.05) is 13.0 Å². The van der Waals surface area contributed by atoms with Crippen molar-refractivity contribution >= 4 is 23.2 Å². The van der Waals surface area contributed by atoms with Crippen LogP contribution in [0.1, 0.15) is 29.4 Å². The summed E-state index contributed by atoms with van der Waals surface area (Å²) < 4.78 is 11.1. The Bertz CT molecular complexity index is 667. The summed E-state index contributed by atoms with van der Waals surface area (Å²) >= 11 is 5.33. The van der Waals surface area contributed by atoms with Gasteiger partial charge in [0.05, 0.1) is 12.2 Å². The fourth-order valence-corrected chi connectivity index (χ4v) is 3.21. The molecule has 1 aliphatic heterocycles. The van der Waals surface area contributed by atoms with Crippen LogP contribution in [-0.4, -0.2) is 23.1 Å². The van der Waals surface area contributed by atoms with Gasteiger partial charge in [-0.15, -0.1) is 0 Å². The molecule has 0 bridgehead atoms. The van der Waals surface area contributed by atoms with Crippen molar-refractivity contribution in [3.05, 3.63) is 52.8 Å². The van der Waals surface area contributed by atoms with Gasteiger partial charge in [0.25, 0.3) is 0 Å². The van der Waals surface area contributed by atoms with Gasteiger partial charge in [0.15, 0.2) is 5.05 Å². The van der Waals surface area contributed by atoms with Crippen molar-refractivity contribution in [3.63, 3.8) is 0 Å². The second-order valence-electron chi connectivity index (χ2n) is 5.41. The highest BCUT2D eigenvalue weighted by Gasteiger charge is 2.27. The van der Waals surface area contributed by atoms with Crippen molar-refractivity contribution in [1.29, 1.82) is 0 Å². The maximum atomic E-state index is 6.00. The van der Waals surface area contributed by atoms with E-state index in [-0.39, 0.29) is 0 Å². The average molecular weight is 316 g/mol. The van der Waals surface area contributed by atoms with Crippen LogP contribution < -0.4 is 5.73 Å². The summed E-state index contributed by atoms with van der Waals surface area (Å²) in [5, 5.41) is 0.437. The molecule has 0 spiro atoms. The zero-order valence-electron chi connectivity index (χ0n) is 12.7. The number of hydrogen-bond donors (Lipinski definition) is 1. The predicted octanol–water partition coefficient (Wildman–Crippen LogP) is 3.13. The van der Waals surface area contributed by atoms with Crippen LogP contribution in [-0.2, 0) is 24.2 Å². The number of thiocarbonyl (C=S) groups is 1. The standard InChI is InChI=1S/C17H20N2O2S/c1-2-20-17(22)15-13-11-19(9-8-14(13)21-16(15)18)10-12-6-4-3-5-7-12/h3-7H,2,8-11,18H2,1H3. The van der Waals surface area contributed by atoms with Crippen LogP contribution in [0.2, 0.25) is 0 Å². The fourth-order valence-electron chi connectivity index (χ4n) is 2.87. The third-order valence-corrected chi connectivity index (χ3v) is 4.21. The van der Waals surface area contributed by atoms with Crippen molar-refractivity contribution in [1.82, 2.24) is 4.90 Å². The molecule has 3 rings (SSSR count). The smallest absolute Gasteiger partial charge is 0.202 e. The van der Waals surface area contributed by atoms with Gasteiger partial charge in [0.1, 0.15) is 5.76 Å². The number of ether oxygens (including phenoxy) is 1. The Kier molecular flexibility index (Phi) is 4.45. The lowest BCUT2D eigenvalue weighted by Gasteiger charge is -2.26. The molecule has 1 aliphatic rings. The van der Waals surface area contributed by atoms with Gasteiger partial charge >= 0.3 is 0 Å². The van der Waals surface area contributed by atoms with E-state index in [9.17, 15) is 0 Å². The van der Waals surface area contributed by atoms with Gasteiger partial charge in [-0.1, -0.05) is 30.3 Å². The number of nitrogens with two attached hydrogens (primary N) is 1. The second-order valence-corrected chi connectivity index (χ2v) is 5.78. The molecule has 0 aliphatic carbocycles. The van der Waals surface area contributed by atoms with Gasteiger partial charge in [-0.05, 0) is 24.7 Å². The lowest BCUT2D eigenvalue weighted by Crippen LogP contribution is -2.30. The van der Waals surface area contributed by atoms with Crippen molar-refractivity contribution < 1.29 is 9.15 Å². The minimum absolute atomic E-state index is 0.380. The summed E-state index contributed by atoms with van der Waals surface area (Å²) in [7, 11) is 0. The van der Waals surface area contributed by atoms with Crippen LogP contribution in [0, 0.1) is 0 Å². The van der Waals surface area contributed by atoms with Crippen LogP contribution in [0.5, 0.6) is 0 Å². The Morgan fingerprint density at radius 2 is 2.14 bits per heavy atom. The first kappa shape index (κ1) is 15.1. The minimum Gasteiger partial charge on any atom is -0.483 e. The minimum atomic E-state index is 0.380. The van der Waals surface area contributed by atoms with Crippen molar-refractivity contribution in [2.75, 3.05) is 18.9 Å². The van der Waals surface area contributed by atoms with Gasteiger partial charge in [-0.3, -0.25) is 4.90 Å². The number of anilines is 1. The van der Waals surface area contributed by atoms with E-state index in [4.69, 9.17) is 27.1 Å². The van der Waals surface area contributed by atoms with Crippen LogP contribution in [0.15, 0.2) is 34.7 Å². The highest BCUT2D eigenvalue weighted by molar-refractivity contribution is 7.80. The first-order valence-corrected chi connectivity index (χ1v) is 7.93. The Morgan fingerprint density at radius 3 is 2.86 bits per heavy atom. The van der Waals surface area contributed by atoms with Crippen molar-refractivity contribution in [2.45, 2.75) is 26.4 Å². The SMILES string of the molecule is CCOC(=S)c1c(N)oc2c1CN(Cc1ccccc1)CC2. The Balaban J connectivity index is 1.81. The third-order valence-electron chi connectivity index (χ3n) is 3.88. The number of benzene rings is 1. The second kappa shape index (κ2) is 6.50. The molecular formula is C17H20N2O2S. The lowest BCUT2D eigenvalue weighted by atomic mass is 10.0. The maximum Gasteiger partial charge on any atom is 0.202 e. The largest absolute Gasteiger partial charge is 0.483 e. The molecule has 116 valence electrons. The average Bonchev–Trinajstić information content (AvgIpc) is 2.84. The number of nitrogen functional groups attached to an aromatic ring is 1. The van der Waals surface area contributed by atoms with Gasteiger partial charge in [-0.25, -0.2) is 0 Å². The number of fused-ring (bicyclic) bond motifs is 1. The third kappa shape index (κ3) is 3.00. The first-order valence-electron chi connectivity index (χ1n) is 7.52. The number of rotatable bonds is 4. The summed E-state index contributed by atoms with van der Waals surface area (Å²) in [6, 6.07) is 10.5. The molecule has 5 heteroatoms. The normalized spacial score (nSPS) is 14.6. The maximum absolute atomic E-state index is 6.00. The summed E-state index contributed by atoms with van der Waals surface area (Å²) in [6.07, 6.45) is 0.848. The van der Waals surface area contributed by atoms with Gasteiger partial charge in [0, 0.05) is 31.6 Å². The van der Waals surface area contributed by atoms with Crippen molar-refractivity contribution in [3.8, 4) is 0 Å². The van der Waals surface area contributed by atoms with E-state index in [1.54, 1.807) is 0 Å². The molecule has 4 nitrogen and oxygen atoms in total. The monoisotopic (exact) mass is 316 g/mol. The molecule has 22 heavy (non-hydrogen) atoms. The van der Waals surface area contributed by atoms with E-state index in [0.717, 1.165) is 42.9 Å². The van der Waals surface area contributed by atoms with Crippen molar-refractivity contribution in [2.24, 2.45) is 0 Å². The van der Waals surface area contributed by atoms with E-state index in [0.29, 0.717) is 17.5 Å². The quantitative estimate of drug-likeness (QED) is 0.878.